The lowest BCUT2D eigenvalue weighted by molar-refractivity contribution is -0.384. The first-order valence-corrected chi connectivity index (χ1v) is 9.46. The number of ether oxygens (including phenoxy) is 3. The molecule has 1 amide bonds. The van der Waals surface area contributed by atoms with Crippen molar-refractivity contribution >= 4 is 29.2 Å². The molecule has 0 spiro atoms. The average molecular weight is 450 g/mol. The number of esters is 2. The lowest BCUT2D eigenvalue weighted by Crippen LogP contribution is -2.13. The van der Waals surface area contributed by atoms with Crippen LogP contribution in [0.15, 0.2) is 66.7 Å². The molecule has 10 heteroatoms. The van der Waals surface area contributed by atoms with Gasteiger partial charge in [-0.1, -0.05) is 6.07 Å². The van der Waals surface area contributed by atoms with Crippen molar-refractivity contribution in [1.82, 2.24) is 0 Å². The molecule has 0 aliphatic rings. The fourth-order valence-corrected chi connectivity index (χ4v) is 2.82. The van der Waals surface area contributed by atoms with E-state index in [1.54, 1.807) is 18.2 Å². The lowest BCUT2D eigenvalue weighted by atomic mass is 10.1. The van der Waals surface area contributed by atoms with Crippen LogP contribution in [-0.4, -0.2) is 37.0 Å². The van der Waals surface area contributed by atoms with Crippen LogP contribution in [0, 0.1) is 10.1 Å². The molecule has 0 fully saturated rings. The van der Waals surface area contributed by atoms with Crippen LogP contribution in [0.25, 0.3) is 0 Å². The Bertz CT molecular complexity index is 1220. The Morgan fingerprint density at radius 2 is 1.42 bits per heavy atom. The second-order valence-electron chi connectivity index (χ2n) is 6.58. The minimum atomic E-state index is -0.625. The Hall–Kier alpha value is -4.73. The summed E-state index contributed by atoms with van der Waals surface area (Å²) in [5.74, 6) is -1.29. The Balaban J connectivity index is 1.93. The third-order valence-electron chi connectivity index (χ3n) is 4.47. The largest absolute Gasteiger partial charge is 0.465 e. The molecule has 0 aliphatic heterocycles. The van der Waals surface area contributed by atoms with Gasteiger partial charge in [0.1, 0.15) is 5.75 Å². The van der Waals surface area contributed by atoms with Gasteiger partial charge >= 0.3 is 11.9 Å². The van der Waals surface area contributed by atoms with Crippen molar-refractivity contribution in [2.75, 3.05) is 19.5 Å². The third-order valence-corrected chi connectivity index (χ3v) is 4.47. The number of benzene rings is 3. The van der Waals surface area contributed by atoms with Crippen LogP contribution in [0.2, 0.25) is 0 Å². The summed E-state index contributed by atoms with van der Waals surface area (Å²) in [5, 5.41) is 13.5. The number of nitrogens with one attached hydrogen (secondary N) is 1. The molecule has 10 nitrogen and oxygen atoms in total. The van der Waals surface area contributed by atoms with Gasteiger partial charge in [0.05, 0.1) is 36.0 Å². The topological polar surface area (TPSA) is 134 Å². The number of hydrogen-bond acceptors (Lipinski definition) is 8. The number of carbonyl (C=O) groups is 3. The van der Waals surface area contributed by atoms with Gasteiger partial charge in [0.25, 0.3) is 11.6 Å². The number of nitro groups is 1. The maximum atomic E-state index is 12.7. The maximum Gasteiger partial charge on any atom is 0.337 e. The van der Waals surface area contributed by atoms with E-state index in [-0.39, 0.29) is 39.6 Å². The van der Waals surface area contributed by atoms with E-state index in [9.17, 15) is 24.5 Å². The molecule has 0 unspecified atom stereocenters. The third kappa shape index (κ3) is 5.50. The van der Waals surface area contributed by atoms with Crippen molar-refractivity contribution in [1.29, 1.82) is 0 Å². The summed E-state index contributed by atoms with van der Waals surface area (Å²) in [7, 11) is 2.48. The van der Waals surface area contributed by atoms with Crippen LogP contribution in [0.4, 0.5) is 11.4 Å². The number of anilines is 1. The summed E-state index contributed by atoms with van der Waals surface area (Å²) < 4.78 is 15.3. The molecule has 0 bridgehead atoms. The highest BCUT2D eigenvalue weighted by Crippen LogP contribution is 2.32. The summed E-state index contributed by atoms with van der Waals surface area (Å²) in [6, 6.07) is 15.5. The second-order valence-corrected chi connectivity index (χ2v) is 6.58. The molecule has 3 aromatic rings. The lowest BCUT2D eigenvalue weighted by Gasteiger charge is -2.14. The number of non-ortho nitro benzene ring substituents is 1. The van der Waals surface area contributed by atoms with Crippen LogP contribution in [-0.2, 0) is 9.47 Å². The second kappa shape index (κ2) is 10.1. The van der Waals surface area contributed by atoms with Crippen LogP contribution in [0.5, 0.6) is 11.5 Å². The number of nitrogens with zero attached hydrogens (tertiary/aromatic N) is 1. The predicted molar refractivity (Wildman–Crippen MR) is 117 cm³/mol. The van der Waals surface area contributed by atoms with E-state index < -0.39 is 22.8 Å². The Kier molecular flexibility index (Phi) is 6.99. The van der Waals surface area contributed by atoms with Gasteiger partial charge in [0.2, 0.25) is 0 Å². The molecular weight excluding hydrogens is 432 g/mol. The van der Waals surface area contributed by atoms with Crippen molar-refractivity contribution in [3.05, 3.63) is 93.5 Å². The van der Waals surface area contributed by atoms with Gasteiger partial charge in [0, 0.05) is 17.7 Å². The molecule has 0 aliphatic carbocycles. The van der Waals surface area contributed by atoms with E-state index in [0.717, 1.165) is 0 Å². The highest BCUT2D eigenvalue weighted by atomic mass is 16.6. The van der Waals surface area contributed by atoms with E-state index >= 15 is 0 Å². The van der Waals surface area contributed by atoms with E-state index in [2.05, 4.69) is 5.32 Å². The fourth-order valence-electron chi connectivity index (χ4n) is 2.82. The first-order valence-electron chi connectivity index (χ1n) is 9.46. The molecule has 0 radical (unpaired) electrons. The van der Waals surface area contributed by atoms with E-state index in [0.29, 0.717) is 0 Å². The fraction of sp³-hybridized carbons (Fsp3) is 0.0870. The summed E-state index contributed by atoms with van der Waals surface area (Å²) in [6.07, 6.45) is 0. The zero-order chi connectivity index (χ0) is 24.0. The van der Waals surface area contributed by atoms with Gasteiger partial charge in [-0.25, -0.2) is 9.59 Å². The number of carbonyl (C=O) groups excluding carboxylic acids is 3. The van der Waals surface area contributed by atoms with Crippen molar-refractivity contribution in [2.45, 2.75) is 0 Å². The Morgan fingerprint density at radius 1 is 0.818 bits per heavy atom. The molecule has 3 aromatic carbocycles. The minimum Gasteiger partial charge on any atom is -0.465 e. The van der Waals surface area contributed by atoms with Gasteiger partial charge in [0.15, 0.2) is 5.75 Å². The molecule has 1 N–H and O–H groups in total. The first-order chi connectivity index (χ1) is 15.8. The van der Waals surface area contributed by atoms with Crippen molar-refractivity contribution < 1.29 is 33.5 Å². The summed E-state index contributed by atoms with van der Waals surface area (Å²) in [5.41, 5.74) is 0.561. The Labute approximate surface area is 187 Å². The highest BCUT2D eigenvalue weighted by molar-refractivity contribution is 6.06. The quantitative estimate of drug-likeness (QED) is 0.321. The molecule has 3 rings (SSSR count). The Morgan fingerprint density at radius 3 is 2.03 bits per heavy atom. The van der Waals surface area contributed by atoms with Crippen molar-refractivity contribution in [2.24, 2.45) is 0 Å². The normalized spacial score (nSPS) is 10.1. The van der Waals surface area contributed by atoms with Gasteiger partial charge in [-0.15, -0.1) is 0 Å². The predicted octanol–water partition coefficient (Wildman–Crippen LogP) is 4.21. The van der Waals surface area contributed by atoms with E-state index in [4.69, 9.17) is 14.2 Å². The number of methoxy groups -OCH3 is 2. The molecule has 0 heterocycles. The maximum absolute atomic E-state index is 12.7. The standard InChI is InChI=1S/C23H18N2O8/c1-31-22(27)15-4-3-5-18(12-15)33-20-11-8-16(23(28)32-2)13-19(20)24-21(26)14-6-9-17(10-7-14)25(29)30/h3-13H,1-2H3,(H,24,26). The minimum absolute atomic E-state index is 0.143. The van der Waals surface area contributed by atoms with Crippen molar-refractivity contribution in [3.63, 3.8) is 0 Å². The van der Waals surface area contributed by atoms with Crippen LogP contribution >= 0.6 is 0 Å². The van der Waals surface area contributed by atoms with E-state index in [1.165, 1.54) is 62.8 Å². The number of hydrogen-bond donors (Lipinski definition) is 1. The van der Waals surface area contributed by atoms with Crippen LogP contribution in [0.1, 0.15) is 31.1 Å². The average Bonchev–Trinajstić information content (AvgIpc) is 2.84. The van der Waals surface area contributed by atoms with Gasteiger partial charge < -0.3 is 19.5 Å². The molecule has 0 saturated carbocycles. The zero-order valence-corrected chi connectivity index (χ0v) is 17.6. The zero-order valence-electron chi connectivity index (χ0n) is 17.6. The molecule has 33 heavy (non-hydrogen) atoms. The first kappa shape index (κ1) is 22.9. The van der Waals surface area contributed by atoms with Crippen LogP contribution in [0.3, 0.4) is 0 Å². The van der Waals surface area contributed by atoms with Crippen molar-refractivity contribution in [3.8, 4) is 11.5 Å². The van der Waals surface area contributed by atoms with Gasteiger partial charge in [-0.3, -0.25) is 14.9 Å². The molecule has 0 saturated heterocycles. The molecule has 0 aromatic heterocycles. The smallest absolute Gasteiger partial charge is 0.337 e. The highest BCUT2D eigenvalue weighted by Gasteiger charge is 2.16. The molecule has 0 atom stereocenters. The van der Waals surface area contributed by atoms with Gasteiger partial charge in [-0.2, -0.15) is 0 Å². The molecular formula is C23H18N2O8. The van der Waals surface area contributed by atoms with Crippen LogP contribution < -0.4 is 10.1 Å². The van der Waals surface area contributed by atoms with E-state index in [1.807, 2.05) is 0 Å². The monoisotopic (exact) mass is 450 g/mol. The summed E-state index contributed by atoms with van der Waals surface area (Å²) >= 11 is 0. The SMILES string of the molecule is COC(=O)c1cccc(Oc2ccc(C(=O)OC)cc2NC(=O)c2ccc([N+](=O)[O-])cc2)c1. The number of rotatable bonds is 7. The molecule has 168 valence electrons. The summed E-state index contributed by atoms with van der Waals surface area (Å²) in [6.45, 7) is 0. The number of amides is 1. The number of nitro benzene ring substituents is 1. The summed E-state index contributed by atoms with van der Waals surface area (Å²) in [4.78, 5) is 46.7. The van der Waals surface area contributed by atoms with Gasteiger partial charge in [-0.05, 0) is 48.5 Å².